The lowest BCUT2D eigenvalue weighted by Crippen LogP contribution is -2.18. The van der Waals surface area contributed by atoms with Gasteiger partial charge < -0.3 is 9.84 Å². The minimum atomic E-state index is 0.0608. The van der Waals surface area contributed by atoms with Crippen molar-refractivity contribution in [2.75, 3.05) is 13.6 Å². The van der Waals surface area contributed by atoms with Gasteiger partial charge >= 0.3 is 0 Å². The molecule has 0 atom stereocenters. The molecule has 1 aromatic rings. The molecule has 0 bridgehead atoms. The van der Waals surface area contributed by atoms with Crippen LogP contribution in [0.1, 0.15) is 34.9 Å². The van der Waals surface area contributed by atoms with Gasteiger partial charge in [0.2, 0.25) is 0 Å². The van der Waals surface area contributed by atoms with Gasteiger partial charge in [-0.2, -0.15) is 0 Å². The fraction of sp³-hybridized carbons (Fsp3) is 0.556. The van der Waals surface area contributed by atoms with Gasteiger partial charge in [-0.1, -0.05) is 5.16 Å². The average Bonchev–Trinajstić information content (AvgIpc) is 2.84. The van der Waals surface area contributed by atoms with Crippen molar-refractivity contribution in [3.63, 3.8) is 0 Å². The Labute approximate surface area is 76.3 Å². The fourth-order valence-corrected chi connectivity index (χ4v) is 1.35. The molecule has 4 heteroatoms. The maximum absolute atomic E-state index is 11.5. The zero-order chi connectivity index (χ0) is 9.26. The number of aromatic nitrogens is 1. The molecule has 0 spiro atoms. The van der Waals surface area contributed by atoms with E-state index in [1.54, 1.807) is 7.05 Å². The molecule has 13 heavy (non-hydrogen) atoms. The van der Waals surface area contributed by atoms with E-state index in [-0.39, 0.29) is 5.78 Å². The minimum absolute atomic E-state index is 0.0608. The van der Waals surface area contributed by atoms with Crippen molar-refractivity contribution in [2.24, 2.45) is 0 Å². The van der Waals surface area contributed by atoms with Crippen molar-refractivity contribution in [2.45, 2.75) is 18.8 Å². The van der Waals surface area contributed by atoms with Gasteiger partial charge in [0.1, 0.15) is 0 Å². The van der Waals surface area contributed by atoms with E-state index < -0.39 is 0 Å². The standard InChI is InChI=1S/C9H12N2O2/c1-10-5-8(12)7-4-11-13-9(7)6-2-3-6/h4,6,10H,2-3,5H2,1H3. The fourth-order valence-electron chi connectivity index (χ4n) is 1.35. The molecule has 0 unspecified atom stereocenters. The number of carbonyl (C=O) groups excluding carboxylic acids is 1. The van der Waals surface area contributed by atoms with Crippen LogP contribution in [0.4, 0.5) is 0 Å². The van der Waals surface area contributed by atoms with Crippen LogP contribution in [0, 0.1) is 0 Å². The molecule has 1 saturated carbocycles. The summed E-state index contributed by atoms with van der Waals surface area (Å²) >= 11 is 0. The minimum Gasteiger partial charge on any atom is -0.360 e. The number of rotatable bonds is 4. The molecule has 4 nitrogen and oxygen atoms in total. The molecule has 1 fully saturated rings. The summed E-state index contributed by atoms with van der Waals surface area (Å²) in [6.07, 6.45) is 3.76. The molecule has 0 aromatic carbocycles. The van der Waals surface area contributed by atoms with Crippen molar-refractivity contribution >= 4 is 5.78 Å². The van der Waals surface area contributed by atoms with Crippen molar-refractivity contribution in [1.29, 1.82) is 0 Å². The SMILES string of the molecule is CNCC(=O)c1cnoc1C1CC1. The van der Waals surface area contributed by atoms with E-state index in [1.165, 1.54) is 6.20 Å². The maximum Gasteiger partial charge on any atom is 0.181 e. The first-order valence-corrected chi connectivity index (χ1v) is 4.45. The Bertz CT molecular complexity index is 315. The lowest BCUT2D eigenvalue weighted by atomic mass is 10.1. The number of hydrogen-bond donors (Lipinski definition) is 1. The summed E-state index contributed by atoms with van der Waals surface area (Å²) in [4.78, 5) is 11.5. The van der Waals surface area contributed by atoms with E-state index in [0.29, 0.717) is 18.0 Å². The van der Waals surface area contributed by atoms with Crippen LogP contribution in [0.15, 0.2) is 10.7 Å². The lowest BCUT2D eigenvalue weighted by molar-refractivity contribution is 0.0991. The Morgan fingerprint density at radius 1 is 1.77 bits per heavy atom. The number of ketones is 1. The van der Waals surface area contributed by atoms with Crippen LogP contribution in [0.25, 0.3) is 0 Å². The topological polar surface area (TPSA) is 55.1 Å². The summed E-state index contributed by atoms with van der Waals surface area (Å²) in [5, 5.41) is 6.49. The molecule has 0 aliphatic heterocycles. The van der Waals surface area contributed by atoms with Gasteiger partial charge in [0.25, 0.3) is 0 Å². The average molecular weight is 180 g/mol. The summed E-state index contributed by atoms with van der Waals surface area (Å²) in [5.74, 6) is 1.28. The normalized spacial score (nSPS) is 16.1. The van der Waals surface area contributed by atoms with Crippen molar-refractivity contribution in [3.05, 3.63) is 17.5 Å². The molecule has 1 aromatic heterocycles. The molecule has 1 aliphatic carbocycles. The van der Waals surface area contributed by atoms with Crippen LogP contribution in [0.2, 0.25) is 0 Å². The largest absolute Gasteiger partial charge is 0.360 e. The molecule has 2 rings (SSSR count). The van der Waals surface area contributed by atoms with Gasteiger partial charge in [-0.05, 0) is 19.9 Å². The van der Waals surface area contributed by atoms with E-state index in [0.717, 1.165) is 18.6 Å². The highest BCUT2D eigenvalue weighted by atomic mass is 16.5. The van der Waals surface area contributed by atoms with Crippen LogP contribution >= 0.6 is 0 Å². The number of hydrogen-bond acceptors (Lipinski definition) is 4. The third-order valence-corrected chi connectivity index (χ3v) is 2.18. The third kappa shape index (κ3) is 1.62. The first kappa shape index (κ1) is 8.44. The highest BCUT2D eigenvalue weighted by Crippen LogP contribution is 2.41. The number of Topliss-reactive ketones (excluding diaryl/α,β-unsaturated/α-hetero) is 1. The van der Waals surface area contributed by atoms with Gasteiger partial charge in [-0.25, -0.2) is 0 Å². The van der Waals surface area contributed by atoms with Crippen LogP contribution in [-0.4, -0.2) is 24.5 Å². The van der Waals surface area contributed by atoms with Gasteiger partial charge in [-0.3, -0.25) is 4.79 Å². The van der Waals surface area contributed by atoms with Gasteiger partial charge in [-0.15, -0.1) is 0 Å². The Kier molecular flexibility index (Phi) is 2.14. The third-order valence-electron chi connectivity index (χ3n) is 2.18. The smallest absolute Gasteiger partial charge is 0.181 e. The van der Waals surface area contributed by atoms with E-state index in [9.17, 15) is 4.79 Å². The zero-order valence-electron chi connectivity index (χ0n) is 7.54. The predicted octanol–water partition coefficient (Wildman–Crippen LogP) is 0.954. The Morgan fingerprint density at radius 3 is 3.15 bits per heavy atom. The van der Waals surface area contributed by atoms with E-state index >= 15 is 0 Å². The van der Waals surface area contributed by atoms with Crippen LogP contribution in [-0.2, 0) is 0 Å². The number of nitrogens with one attached hydrogen (secondary N) is 1. The number of carbonyl (C=O) groups is 1. The zero-order valence-corrected chi connectivity index (χ0v) is 7.54. The molecular formula is C9H12N2O2. The second kappa shape index (κ2) is 3.30. The summed E-state index contributed by atoms with van der Waals surface area (Å²) in [5.41, 5.74) is 0.650. The van der Waals surface area contributed by atoms with Crippen LogP contribution in [0.5, 0.6) is 0 Å². The highest BCUT2D eigenvalue weighted by Gasteiger charge is 2.31. The first-order chi connectivity index (χ1) is 6.33. The maximum atomic E-state index is 11.5. The van der Waals surface area contributed by atoms with E-state index in [1.807, 2.05) is 0 Å². The Morgan fingerprint density at radius 2 is 2.54 bits per heavy atom. The summed E-state index contributed by atoms with van der Waals surface area (Å²) < 4.78 is 5.06. The number of likely N-dealkylation sites (N-methyl/N-ethyl adjacent to an activating group) is 1. The second-order valence-electron chi connectivity index (χ2n) is 3.33. The van der Waals surface area contributed by atoms with Gasteiger partial charge in [0, 0.05) is 5.92 Å². The van der Waals surface area contributed by atoms with Crippen LogP contribution in [0.3, 0.4) is 0 Å². The lowest BCUT2D eigenvalue weighted by Gasteiger charge is -1.97. The summed E-state index contributed by atoms with van der Waals surface area (Å²) in [7, 11) is 1.75. The Hall–Kier alpha value is -1.16. The van der Waals surface area contributed by atoms with Gasteiger partial charge in [0.05, 0.1) is 18.3 Å². The number of nitrogens with zero attached hydrogens (tertiary/aromatic N) is 1. The van der Waals surface area contributed by atoms with Crippen molar-refractivity contribution < 1.29 is 9.32 Å². The quantitative estimate of drug-likeness (QED) is 0.701. The highest BCUT2D eigenvalue weighted by molar-refractivity contribution is 5.98. The molecule has 1 aliphatic rings. The van der Waals surface area contributed by atoms with Gasteiger partial charge in [0.15, 0.2) is 11.5 Å². The first-order valence-electron chi connectivity index (χ1n) is 4.45. The van der Waals surface area contributed by atoms with Crippen LogP contribution < -0.4 is 5.32 Å². The molecule has 70 valence electrons. The monoisotopic (exact) mass is 180 g/mol. The van der Waals surface area contributed by atoms with Crippen molar-refractivity contribution in [1.82, 2.24) is 10.5 Å². The summed E-state index contributed by atoms with van der Waals surface area (Å²) in [6, 6.07) is 0. The van der Waals surface area contributed by atoms with Crippen molar-refractivity contribution in [3.8, 4) is 0 Å². The molecule has 0 radical (unpaired) electrons. The summed E-state index contributed by atoms with van der Waals surface area (Å²) in [6.45, 7) is 0.348. The Balaban J connectivity index is 2.18. The molecular weight excluding hydrogens is 168 g/mol. The predicted molar refractivity (Wildman–Crippen MR) is 46.7 cm³/mol. The molecule has 0 saturated heterocycles. The molecule has 0 amide bonds. The van der Waals surface area contributed by atoms with E-state index in [2.05, 4.69) is 10.5 Å². The molecule has 1 heterocycles. The molecule has 1 N–H and O–H groups in total. The van der Waals surface area contributed by atoms with E-state index in [4.69, 9.17) is 4.52 Å². The second-order valence-corrected chi connectivity index (χ2v) is 3.33.